The molecular weight excluding hydrogens is 290 g/mol. The Morgan fingerprint density at radius 3 is 3.06 bits per heavy atom. The largest absolute Gasteiger partial charge is 0.348 e. The Balaban J connectivity index is 2.00. The number of nitrogens with zero attached hydrogens (tertiary/aromatic N) is 2. The number of carbonyl (C=O) groups excluding carboxylic acids is 1. The van der Waals surface area contributed by atoms with Gasteiger partial charge in [-0.05, 0) is 37.2 Å². The maximum atomic E-state index is 11.9. The van der Waals surface area contributed by atoms with Crippen LogP contribution in [0.3, 0.4) is 0 Å². The number of amides is 1. The molecule has 4 nitrogen and oxygen atoms in total. The minimum Gasteiger partial charge on any atom is -0.348 e. The van der Waals surface area contributed by atoms with Crippen molar-refractivity contribution >= 4 is 33.4 Å². The Morgan fingerprint density at radius 1 is 1.62 bits per heavy atom. The van der Waals surface area contributed by atoms with Crippen molar-refractivity contribution in [3.8, 4) is 0 Å². The zero-order valence-electron chi connectivity index (χ0n) is 9.07. The Morgan fingerprint density at radius 2 is 2.44 bits per heavy atom. The van der Waals surface area contributed by atoms with E-state index in [2.05, 4.69) is 30.8 Å². The minimum atomic E-state index is -0.0228. The molecule has 88 valence electrons. The summed E-state index contributed by atoms with van der Waals surface area (Å²) in [6.07, 6.45) is 3.46. The highest BCUT2D eigenvalue weighted by Crippen LogP contribution is 2.27. The van der Waals surface area contributed by atoms with Crippen LogP contribution in [0.25, 0.3) is 0 Å². The lowest BCUT2D eigenvalue weighted by Gasteiger charge is -2.18. The molecule has 0 aliphatic heterocycles. The predicted octanol–water partition coefficient (Wildman–Crippen LogP) is 2.14. The predicted molar refractivity (Wildman–Crippen MR) is 67.0 cm³/mol. The molecule has 2 unspecified atom stereocenters. The molecular formula is C10H14BrN3OS. The van der Waals surface area contributed by atoms with E-state index in [1.54, 1.807) is 0 Å². The fourth-order valence-electron chi connectivity index (χ4n) is 2.09. The van der Waals surface area contributed by atoms with Crippen LogP contribution in [0.15, 0.2) is 0 Å². The van der Waals surface area contributed by atoms with Crippen LogP contribution in [-0.4, -0.2) is 26.9 Å². The van der Waals surface area contributed by atoms with Gasteiger partial charge in [0.1, 0.15) is 4.88 Å². The first-order valence-electron chi connectivity index (χ1n) is 5.38. The Kier molecular flexibility index (Phi) is 3.91. The average molecular weight is 304 g/mol. The number of hydrogen-bond donors (Lipinski definition) is 1. The van der Waals surface area contributed by atoms with Gasteiger partial charge >= 0.3 is 0 Å². The van der Waals surface area contributed by atoms with Crippen LogP contribution < -0.4 is 5.32 Å². The van der Waals surface area contributed by atoms with Gasteiger partial charge in [-0.2, -0.15) is 0 Å². The Labute approximate surface area is 107 Å². The van der Waals surface area contributed by atoms with Gasteiger partial charge in [-0.15, -0.1) is 5.10 Å². The molecule has 0 spiro atoms. The fourth-order valence-corrected chi connectivity index (χ4v) is 3.42. The highest BCUT2D eigenvalue weighted by Gasteiger charge is 2.28. The van der Waals surface area contributed by atoms with Gasteiger partial charge in [-0.25, -0.2) is 0 Å². The zero-order chi connectivity index (χ0) is 11.5. The second-order valence-electron chi connectivity index (χ2n) is 4.11. The molecule has 0 saturated heterocycles. The molecule has 1 N–H and O–H groups in total. The third-order valence-corrected chi connectivity index (χ3v) is 4.69. The average Bonchev–Trinajstić information content (AvgIpc) is 2.86. The van der Waals surface area contributed by atoms with Crippen molar-refractivity contribution in [2.45, 2.75) is 32.2 Å². The van der Waals surface area contributed by atoms with E-state index in [4.69, 9.17) is 0 Å². The van der Waals surface area contributed by atoms with Crippen molar-refractivity contribution in [3.05, 3.63) is 10.6 Å². The summed E-state index contributed by atoms with van der Waals surface area (Å²) in [6, 6.07) is 0.299. The molecule has 0 radical (unpaired) electrons. The number of hydrogen-bond acceptors (Lipinski definition) is 4. The van der Waals surface area contributed by atoms with E-state index >= 15 is 0 Å². The van der Waals surface area contributed by atoms with E-state index in [1.807, 2.05) is 6.92 Å². The number of nitrogens with one attached hydrogen (secondary N) is 1. The second kappa shape index (κ2) is 5.23. The highest BCUT2D eigenvalue weighted by atomic mass is 79.9. The van der Waals surface area contributed by atoms with Crippen molar-refractivity contribution < 1.29 is 4.79 Å². The molecule has 1 aromatic heterocycles. The molecule has 1 aromatic rings. The lowest BCUT2D eigenvalue weighted by Crippen LogP contribution is -2.37. The summed E-state index contributed by atoms with van der Waals surface area (Å²) in [7, 11) is 0. The Bertz CT molecular complexity index is 382. The summed E-state index contributed by atoms with van der Waals surface area (Å²) in [5, 5.41) is 7.89. The third kappa shape index (κ3) is 2.43. The summed E-state index contributed by atoms with van der Waals surface area (Å²) in [6.45, 7) is 1.81. The van der Waals surface area contributed by atoms with Gasteiger partial charge in [0.25, 0.3) is 5.91 Å². The molecule has 2 rings (SSSR count). The summed E-state index contributed by atoms with van der Waals surface area (Å²) < 4.78 is 3.78. The number of aromatic nitrogens is 2. The molecule has 2 atom stereocenters. The molecule has 1 aliphatic carbocycles. The SMILES string of the molecule is Cc1nnsc1C(=O)NC1CCCC1CBr. The summed E-state index contributed by atoms with van der Waals surface area (Å²) in [5.74, 6) is 0.537. The van der Waals surface area contributed by atoms with Crippen LogP contribution in [0.5, 0.6) is 0 Å². The van der Waals surface area contributed by atoms with Crippen LogP contribution in [0.4, 0.5) is 0 Å². The van der Waals surface area contributed by atoms with Gasteiger partial charge < -0.3 is 5.32 Å². The molecule has 1 fully saturated rings. The first kappa shape index (κ1) is 12.0. The second-order valence-corrected chi connectivity index (χ2v) is 5.51. The van der Waals surface area contributed by atoms with E-state index in [0.29, 0.717) is 16.8 Å². The van der Waals surface area contributed by atoms with Crippen molar-refractivity contribution in [1.82, 2.24) is 14.9 Å². The van der Waals surface area contributed by atoms with E-state index in [9.17, 15) is 4.79 Å². The lowest BCUT2D eigenvalue weighted by molar-refractivity contribution is 0.0933. The molecule has 1 aliphatic rings. The molecule has 1 amide bonds. The maximum absolute atomic E-state index is 11.9. The molecule has 0 aromatic carbocycles. The van der Waals surface area contributed by atoms with E-state index in [1.165, 1.54) is 12.8 Å². The fraction of sp³-hybridized carbons (Fsp3) is 0.700. The van der Waals surface area contributed by atoms with Crippen molar-refractivity contribution in [1.29, 1.82) is 0 Å². The van der Waals surface area contributed by atoms with Gasteiger partial charge in [0.15, 0.2) is 0 Å². The number of halogens is 1. The first-order valence-corrected chi connectivity index (χ1v) is 7.27. The van der Waals surface area contributed by atoms with Gasteiger partial charge in [-0.1, -0.05) is 26.8 Å². The van der Waals surface area contributed by atoms with Gasteiger partial charge in [-0.3, -0.25) is 4.79 Å². The molecule has 0 bridgehead atoms. The standard InChI is InChI=1S/C10H14BrN3OS/c1-6-9(16-14-13-6)10(15)12-8-4-2-3-7(8)5-11/h7-8H,2-5H2,1H3,(H,12,15). The van der Waals surface area contributed by atoms with Crippen molar-refractivity contribution in [2.75, 3.05) is 5.33 Å². The third-order valence-electron chi connectivity index (χ3n) is 3.03. The summed E-state index contributed by atoms with van der Waals surface area (Å²) in [4.78, 5) is 12.6. The summed E-state index contributed by atoms with van der Waals surface area (Å²) in [5.41, 5.74) is 0.718. The Hall–Kier alpha value is -0.490. The van der Waals surface area contributed by atoms with Gasteiger partial charge in [0.2, 0.25) is 0 Å². The normalized spacial score (nSPS) is 24.6. The quantitative estimate of drug-likeness (QED) is 0.871. The minimum absolute atomic E-state index is 0.0228. The maximum Gasteiger partial charge on any atom is 0.265 e. The van der Waals surface area contributed by atoms with Crippen LogP contribution in [0.2, 0.25) is 0 Å². The lowest BCUT2D eigenvalue weighted by atomic mass is 10.1. The van der Waals surface area contributed by atoms with E-state index in [-0.39, 0.29) is 5.91 Å². The van der Waals surface area contributed by atoms with Gasteiger partial charge in [0.05, 0.1) is 5.69 Å². The smallest absolute Gasteiger partial charge is 0.265 e. The van der Waals surface area contributed by atoms with Crippen LogP contribution in [0.1, 0.15) is 34.6 Å². The number of alkyl halides is 1. The highest BCUT2D eigenvalue weighted by molar-refractivity contribution is 9.09. The van der Waals surface area contributed by atoms with Gasteiger partial charge in [0, 0.05) is 11.4 Å². The van der Waals surface area contributed by atoms with Crippen LogP contribution in [0, 0.1) is 12.8 Å². The molecule has 1 saturated carbocycles. The number of carbonyl (C=O) groups is 1. The summed E-state index contributed by atoms with van der Waals surface area (Å²) >= 11 is 4.66. The topological polar surface area (TPSA) is 54.9 Å². The number of rotatable bonds is 3. The monoisotopic (exact) mass is 303 g/mol. The van der Waals surface area contributed by atoms with Crippen molar-refractivity contribution in [3.63, 3.8) is 0 Å². The van der Waals surface area contributed by atoms with Crippen molar-refractivity contribution in [2.24, 2.45) is 5.92 Å². The van der Waals surface area contributed by atoms with E-state index < -0.39 is 0 Å². The van der Waals surface area contributed by atoms with E-state index in [0.717, 1.165) is 29.0 Å². The zero-order valence-corrected chi connectivity index (χ0v) is 11.5. The van der Waals surface area contributed by atoms with Crippen LogP contribution in [-0.2, 0) is 0 Å². The molecule has 6 heteroatoms. The first-order chi connectivity index (χ1) is 7.72. The number of aryl methyl sites for hydroxylation is 1. The molecule has 16 heavy (non-hydrogen) atoms. The molecule has 1 heterocycles. The van der Waals surface area contributed by atoms with Crippen LogP contribution >= 0.6 is 27.5 Å².